The smallest absolute Gasteiger partial charge is 0.112 e. The summed E-state index contributed by atoms with van der Waals surface area (Å²) < 4.78 is 1.05. The van der Waals surface area contributed by atoms with Crippen LogP contribution in [-0.4, -0.2) is 11.5 Å². The van der Waals surface area contributed by atoms with Gasteiger partial charge in [0.2, 0.25) is 0 Å². The highest BCUT2D eigenvalue weighted by Gasteiger charge is 2.10. The molecule has 1 aromatic carbocycles. The predicted molar refractivity (Wildman–Crippen MR) is 60.6 cm³/mol. The number of nitrogens with two attached hydrogens (primary N) is 2. The fourth-order valence-electron chi connectivity index (χ4n) is 1.18. The molecule has 3 nitrogen and oxygen atoms in total. The number of thiazole rings is 1. The molecule has 0 bridgehead atoms. The maximum Gasteiger partial charge on any atom is 0.112 e. The zero-order valence-corrected chi connectivity index (χ0v) is 8.98. The second-order valence-electron chi connectivity index (χ2n) is 3.01. The second-order valence-corrected chi connectivity index (χ2v) is 4.51. The molecule has 1 heterocycles. The fourth-order valence-corrected chi connectivity index (χ4v) is 2.43. The molecule has 2 aromatic rings. The van der Waals surface area contributed by atoms with E-state index in [2.05, 4.69) is 4.98 Å². The van der Waals surface area contributed by atoms with Crippen molar-refractivity contribution in [2.75, 3.05) is 6.54 Å². The Morgan fingerprint density at radius 2 is 2.29 bits per heavy atom. The molecule has 4 N–H and O–H groups in total. The van der Waals surface area contributed by atoms with Gasteiger partial charge in [-0.05, 0) is 18.2 Å². The van der Waals surface area contributed by atoms with E-state index in [1.165, 1.54) is 0 Å². The lowest BCUT2D eigenvalue weighted by Crippen LogP contribution is -2.20. The number of hydrogen-bond acceptors (Lipinski definition) is 4. The standard InChI is InChI=1S/C9H10ClN3S/c10-5-1-2-7-8(3-5)14-9(13-7)6(12)4-11/h1-3,6H,4,11-12H2. The molecule has 0 aliphatic carbocycles. The number of fused-ring (bicyclic) bond motifs is 1. The Balaban J connectivity index is 2.51. The van der Waals surface area contributed by atoms with Crippen LogP contribution in [0.4, 0.5) is 0 Å². The third kappa shape index (κ3) is 1.74. The number of halogens is 1. The predicted octanol–water partition coefficient (Wildman–Crippen LogP) is 1.91. The van der Waals surface area contributed by atoms with Gasteiger partial charge in [0.05, 0.1) is 16.3 Å². The van der Waals surface area contributed by atoms with E-state index in [1.807, 2.05) is 18.2 Å². The van der Waals surface area contributed by atoms with E-state index >= 15 is 0 Å². The SMILES string of the molecule is NCC(N)c1nc2ccc(Cl)cc2s1. The Kier molecular flexibility index (Phi) is 2.69. The lowest BCUT2D eigenvalue weighted by Gasteiger charge is -2.01. The number of rotatable bonds is 2. The molecule has 5 heteroatoms. The monoisotopic (exact) mass is 227 g/mol. The lowest BCUT2D eigenvalue weighted by molar-refractivity contribution is 0.732. The van der Waals surface area contributed by atoms with E-state index in [0.717, 1.165) is 15.2 Å². The van der Waals surface area contributed by atoms with E-state index in [4.69, 9.17) is 23.1 Å². The van der Waals surface area contributed by atoms with Gasteiger partial charge in [-0.15, -0.1) is 11.3 Å². The minimum Gasteiger partial charge on any atom is -0.329 e. The topological polar surface area (TPSA) is 64.9 Å². The first-order valence-electron chi connectivity index (χ1n) is 4.22. The highest BCUT2D eigenvalue weighted by molar-refractivity contribution is 7.18. The van der Waals surface area contributed by atoms with Crippen LogP contribution < -0.4 is 11.5 Å². The number of hydrogen-bond donors (Lipinski definition) is 2. The van der Waals surface area contributed by atoms with Crippen molar-refractivity contribution in [3.63, 3.8) is 0 Å². The molecule has 1 aromatic heterocycles. The van der Waals surface area contributed by atoms with Gasteiger partial charge in [0.1, 0.15) is 5.01 Å². The molecule has 2 rings (SSSR count). The van der Waals surface area contributed by atoms with Crippen molar-refractivity contribution in [2.45, 2.75) is 6.04 Å². The molecular weight excluding hydrogens is 218 g/mol. The Hall–Kier alpha value is -0.680. The molecular formula is C9H10ClN3S. The van der Waals surface area contributed by atoms with Gasteiger partial charge in [-0.1, -0.05) is 11.6 Å². The highest BCUT2D eigenvalue weighted by atomic mass is 35.5. The van der Waals surface area contributed by atoms with Crippen molar-refractivity contribution in [1.29, 1.82) is 0 Å². The first kappa shape index (κ1) is 9.86. The van der Waals surface area contributed by atoms with Crippen LogP contribution in [0.5, 0.6) is 0 Å². The summed E-state index contributed by atoms with van der Waals surface area (Å²) in [4.78, 5) is 4.38. The van der Waals surface area contributed by atoms with Crippen molar-refractivity contribution in [3.05, 3.63) is 28.2 Å². The molecule has 74 valence electrons. The Bertz CT molecular complexity index is 454. The molecule has 14 heavy (non-hydrogen) atoms. The summed E-state index contributed by atoms with van der Waals surface area (Å²) >= 11 is 7.41. The average Bonchev–Trinajstić information content (AvgIpc) is 2.59. The molecule has 0 aliphatic rings. The quantitative estimate of drug-likeness (QED) is 0.824. The Labute approximate surface area is 90.7 Å². The molecule has 0 radical (unpaired) electrons. The maximum absolute atomic E-state index is 5.86. The van der Waals surface area contributed by atoms with E-state index < -0.39 is 0 Å². The first-order chi connectivity index (χ1) is 6.70. The van der Waals surface area contributed by atoms with Gasteiger partial charge >= 0.3 is 0 Å². The van der Waals surface area contributed by atoms with Gasteiger partial charge in [-0.3, -0.25) is 0 Å². The van der Waals surface area contributed by atoms with Crippen molar-refractivity contribution in [1.82, 2.24) is 4.98 Å². The molecule has 0 amide bonds. The molecule has 1 unspecified atom stereocenters. The van der Waals surface area contributed by atoms with Gasteiger partial charge in [0.15, 0.2) is 0 Å². The number of benzene rings is 1. The Morgan fingerprint density at radius 1 is 1.50 bits per heavy atom. The lowest BCUT2D eigenvalue weighted by atomic mass is 10.3. The number of aromatic nitrogens is 1. The largest absolute Gasteiger partial charge is 0.329 e. The van der Waals surface area contributed by atoms with Crippen LogP contribution in [0.2, 0.25) is 5.02 Å². The van der Waals surface area contributed by atoms with Crippen LogP contribution in [0.15, 0.2) is 18.2 Å². The zero-order valence-electron chi connectivity index (χ0n) is 7.40. The minimum atomic E-state index is -0.175. The normalized spacial score (nSPS) is 13.4. The van der Waals surface area contributed by atoms with Gasteiger partial charge < -0.3 is 11.5 Å². The van der Waals surface area contributed by atoms with Gasteiger partial charge in [-0.25, -0.2) is 4.98 Å². The summed E-state index contributed by atoms with van der Waals surface area (Å²) in [5, 5.41) is 1.58. The molecule has 0 spiro atoms. The van der Waals surface area contributed by atoms with E-state index in [9.17, 15) is 0 Å². The summed E-state index contributed by atoms with van der Waals surface area (Å²) in [7, 11) is 0. The molecule has 0 aliphatic heterocycles. The molecule has 0 fully saturated rings. The highest BCUT2D eigenvalue weighted by Crippen LogP contribution is 2.27. The minimum absolute atomic E-state index is 0.175. The van der Waals surface area contributed by atoms with Crippen LogP contribution in [0.1, 0.15) is 11.0 Å². The van der Waals surface area contributed by atoms with E-state index in [-0.39, 0.29) is 6.04 Å². The zero-order chi connectivity index (χ0) is 10.1. The van der Waals surface area contributed by atoms with Gasteiger partial charge in [-0.2, -0.15) is 0 Å². The van der Waals surface area contributed by atoms with Crippen molar-refractivity contribution in [2.24, 2.45) is 11.5 Å². The number of nitrogens with zero attached hydrogens (tertiary/aromatic N) is 1. The molecule has 1 atom stereocenters. The summed E-state index contributed by atoms with van der Waals surface area (Å²) in [5.74, 6) is 0. The van der Waals surface area contributed by atoms with Crippen LogP contribution in [0.25, 0.3) is 10.2 Å². The van der Waals surface area contributed by atoms with Crippen molar-refractivity contribution in [3.8, 4) is 0 Å². The molecule has 0 saturated heterocycles. The summed E-state index contributed by atoms with van der Waals surface area (Å²) in [5.41, 5.74) is 12.2. The molecule has 0 saturated carbocycles. The second kappa shape index (κ2) is 3.82. The maximum atomic E-state index is 5.86. The van der Waals surface area contributed by atoms with Gasteiger partial charge in [0.25, 0.3) is 0 Å². The van der Waals surface area contributed by atoms with Crippen molar-refractivity contribution >= 4 is 33.2 Å². The first-order valence-corrected chi connectivity index (χ1v) is 5.42. The third-order valence-corrected chi connectivity index (χ3v) is 3.32. The third-order valence-electron chi connectivity index (χ3n) is 1.94. The summed E-state index contributed by atoms with van der Waals surface area (Å²) in [6.45, 7) is 0.410. The summed E-state index contributed by atoms with van der Waals surface area (Å²) in [6, 6.07) is 5.43. The van der Waals surface area contributed by atoms with Crippen LogP contribution >= 0.6 is 22.9 Å². The van der Waals surface area contributed by atoms with Crippen LogP contribution in [0, 0.1) is 0 Å². The van der Waals surface area contributed by atoms with Crippen LogP contribution in [-0.2, 0) is 0 Å². The summed E-state index contributed by atoms with van der Waals surface area (Å²) in [6.07, 6.45) is 0. The van der Waals surface area contributed by atoms with Gasteiger partial charge in [0, 0.05) is 11.6 Å². The Morgan fingerprint density at radius 3 is 3.00 bits per heavy atom. The fraction of sp³-hybridized carbons (Fsp3) is 0.222. The van der Waals surface area contributed by atoms with E-state index in [1.54, 1.807) is 11.3 Å². The van der Waals surface area contributed by atoms with Crippen molar-refractivity contribution < 1.29 is 0 Å². The van der Waals surface area contributed by atoms with Crippen LogP contribution in [0.3, 0.4) is 0 Å². The average molecular weight is 228 g/mol. The van der Waals surface area contributed by atoms with E-state index in [0.29, 0.717) is 11.6 Å².